The Kier molecular flexibility index (Phi) is 5.29. The summed E-state index contributed by atoms with van der Waals surface area (Å²) in [5.41, 5.74) is 0.666. The minimum absolute atomic E-state index is 0.166. The summed E-state index contributed by atoms with van der Waals surface area (Å²) in [7, 11) is 1.60. The van der Waals surface area contributed by atoms with Gasteiger partial charge < -0.3 is 9.64 Å². The second-order valence-electron chi connectivity index (χ2n) is 8.22. The predicted molar refractivity (Wildman–Crippen MR) is 104 cm³/mol. The van der Waals surface area contributed by atoms with Gasteiger partial charge in [0.25, 0.3) is 5.92 Å². The zero-order chi connectivity index (χ0) is 20.5. The molecule has 2 saturated heterocycles. The molecule has 0 saturated carbocycles. The maximum Gasteiger partial charge on any atom is 0.261 e. The maximum absolute atomic E-state index is 14.7. The van der Waals surface area contributed by atoms with Crippen molar-refractivity contribution in [3.05, 3.63) is 47.8 Å². The molecule has 1 atom stereocenters. The number of likely N-dealkylation sites (tertiary alicyclic amines) is 2. The summed E-state index contributed by atoms with van der Waals surface area (Å²) in [5, 5.41) is 6.71. The van der Waals surface area contributed by atoms with Gasteiger partial charge in [-0.1, -0.05) is 12.1 Å². The molecule has 1 aromatic heterocycles. The molecule has 0 bridgehead atoms. The summed E-state index contributed by atoms with van der Waals surface area (Å²) >= 11 is 0. The maximum atomic E-state index is 14.7. The van der Waals surface area contributed by atoms with Gasteiger partial charge in [0.1, 0.15) is 5.75 Å². The first kappa shape index (κ1) is 19.8. The van der Waals surface area contributed by atoms with Gasteiger partial charge in [-0.25, -0.2) is 8.78 Å². The molecule has 0 radical (unpaired) electrons. The van der Waals surface area contributed by atoms with Crippen LogP contribution in [-0.2, 0) is 17.9 Å². The van der Waals surface area contributed by atoms with Crippen LogP contribution in [0.2, 0.25) is 0 Å². The molecule has 29 heavy (non-hydrogen) atoms. The molecule has 1 amide bonds. The van der Waals surface area contributed by atoms with Crippen molar-refractivity contribution in [2.75, 3.05) is 26.7 Å². The number of hydrogen-bond donors (Lipinski definition) is 1. The van der Waals surface area contributed by atoms with E-state index in [9.17, 15) is 13.6 Å². The molecule has 1 aromatic carbocycles. The second-order valence-corrected chi connectivity index (χ2v) is 8.22. The third-order valence-corrected chi connectivity index (χ3v) is 5.86. The van der Waals surface area contributed by atoms with E-state index < -0.39 is 11.3 Å². The Morgan fingerprint density at radius 2 is 2.10 bits per heavy atom. The van der Waals surface area contributed by atoms with Crippen LogP contribution in [0.1, 0.15) is 30.5 Å². The van der Waals surface area contributed by atoms with E-state index >= 15 is 0 Å². The van der Waals surface area contributed by atoms with Crippen LogP contribution in [-0.4, -0.2) is 58.6 Å². The number of rotatable bonds is 5. The van der Waals surface area contributed by atoms with Gasteiger partial charge in [-0.15, -0.1) is 0 Å². The molecule has 2 fully saturated rings. The number of benzene rings is 1. The van der Waals surface area contributed by atoms with Crippen molar-refractivity contribution in [3.8, 4) is 5.75 Å². The van der Waals surface area contributed by atoms with E-state index in [0.717, 1.165) is 23.4 Å². The number of carbonyl (C=O) groups is 1. The lowest BCUT2D eigenvalue weighted by Crippen LogP contribution is -2.60. The molecule has 2 aliphatic heterocycles. The van der Waals surface area contributed by atoms with E-state index in [1.54, 1.807) is 29.2 Å². The van der Waals surface area contributed by atoms with Crippen LogP contribution < -0.4 is 4.74 Å². The van der Waals surface area contributed by atoms with Crippen LogP contribution in [0.3, 0.4) is 0 Å². The summed E-state index contributed by atoms with van der Waals surface area (Å²) in [5.74, 6) is -2.34. The van der Waals surface area contributed by atoms with Crippen LogP contribution in [0.5, 0.6) is 5.75 Å². The van der Waals surface area contributed by atoms with Crippen molar-refractivity contribution in [2.45, 2.75) is 38.3 Å². The van der Waals surface area contributed by atoms with Crippen LogP contribution in [0.4, 0.5) is 8.78 Å². The zero-order valence-electron chi connectivity index (χ0n) is 16.5. The average molecular weight is 404 g/mol. The van der Waals surface area contributed by atoms with Crippen LogP contribution in [0, 0.1) is 5.41 Å². The molecular weight excluding hydrogens is 378 g/mol. The lowest BCUT2D eigenvalue weighted by Gasteiger charge is -2.49. The zero-order valence-corrected chi connectivity index (χ0v) is 16.5. The number of methoxy groups -OCH3 is 1. The molecule has 8 heteroatoms. The number of amides is 1. The highest BCUT2D eigenvalue weighted by Crippen LogP contribution is 2.45. The Bertz CT molecular complexity index is 858. The number of halogens is 2. The molecule has 1 unspecified atom stereocenters. The number of nitrogens with one attached hydrogen (secondary N) is 1. The van der Waals surface area contributed by atoms with Crippen molar-refractivity contribution in [1.82, 2.24) is 20.0 Å². The van der Waals surface area contributed by atoms with E-state index in [2.05, 4.69) is 10.2 Å². The van der Waals surface area contributed by atoms with Gasteiger partial charge in [-0.05, 0) is 36.6 Å². The number of ether oxygens (including phenoxy) is 1. The topological polar surface area (TPSA) is 61.5 Å². The molecule has 6 nitrogen and oxygen atoms in total. The van der Waals surface area contributed by atoms with Crippen molar-refractivity contribution < 1.29 is 18.3 Å². The Morgan fingerprint density at radius 3 is 2.86 bits per heavy atom. The highest BCUT2D eigenvalue weighted by Gasteiger charge is 2.55. The smallest absolute Gasteiger partial charge is 0.261 e. The van der Waals surface area contributed by atoms with E-state index in [4.69, 9.17) is 4.74 Å². The normalized spacial score (nSPS) is 24.8. The molecule has 1 N–H and O–H groups in total. The second kappa shape index (κ2) is 7.74. The molecule has 156 valence electrons. The van der Waals surface area contributed by atoms with Crippen molar-refractivity contribution in [2.24, 2.45) is 5.41 Å². The predicted octanol–water partition coefficient (Wildman–Crippen LogP) is 3.07. The third kappa shape index (κ3) is 4.27. The van der Waals surface area contributed by atoms with Crippen molar-refractivity contribution in [1.29, 1.82) is 0 Å². The third-order valence-electron chi connectivity index (χ3n) is 5.86. The number of piperidine rings is 2. The lowest BCUT2D eigenvalue weighted by molar-refractivity contribution is -0.170. The number of aromatic nitrogens is 2. The van der Waals surface area contributed by atoms with Crippen molar-refractivity contribution >= 4 is 5.91 Å². The van der Waals surface area contributed by atoms with Crippen molar-refractivity contribution in [3.63, 3.8) is 0 Å². The van der Waals surface area contributed by atoms with E-state index in [1.165, 1.54) is 0 Å². The Balaban J connectivity index is 1.54. The average Bonchev–Trinajstić information content (AvgIpc) is 3.17. The fraction of sp³-hybridized carbons (Fsp3) is 0.524. The van der Waals surface area contributed by atoms with Crippen LogP contribution in [0.15, 0.2) is 36.5 Å². The summed E-state index contributed by atoms with van der Waals surface area (Å²) in [6.07, 6.45) is 2.45. The Labute approximate surface area is 168 Å². The molecule has 3 heterocycles. The number of carbonyl (C=O) groups excluding carboxylic acids is 1. The van der Waals surface area contributed by atoms with E-state index in [-0.39, 0.29) is 18.9 Å². The monoisotopic (exact) mass is 404 g/mol. The van der Waals surface area contributed by atoms with Crippen LogP contribution >= 0.6 is 0 Å². The Morgan fingerprint density at radius 1 is 1.24 bits per heavy atom. The minimum Gasteiger partial charge on any atom is -0.497 e. The van der Waals surface area contributed by atoms with E-state index in [0.29, 0.717) is 32.6 Å². The van der Waals surface area contributed by atoms with Gasteiger partial charge in [0.2, 0.25) is 5.91 Å². The van der Waals surface area contributed by atoms with Gasteiger partial charge in [-0.3, -0.25) is 14.8 Å². The van der Waals surface area contributed by atoms with Gasteiger partial charge in [0.05, 0.1) is 19.1 Å². The standard InChI is InChI=1S/C21H26F2N4O2/c1-29-18-5-2-4-16(10-18)11-27-9-3-7-20(19(27)28)13-21(22,23)15-26(14-20)12-17-6-8-24-25-17/h2,4-6,8,10H,3,7,9,11-15H2,1H3,(H,24,25). The Hall–Kier alpha value is -2.48. The number of H-pyrrole nitrogens is 1. The summed E-state index contributed by atoms with van der Waals surface area (Å²) in [4.78, 5) is 16.8. The van der Waals surface area contributed by atoms with Gasteiger partial charge >= 0.3 is 0 Å². The molecule has 2 aliphatic rings. The first-order chi connectivity index (χ1) is 13.9. The van der Waals surface area contributed by atoms with Gasteiger partial charge in [0, 0.05) is 44.5 Å². The summed E-state index contributed by atoms with van der Waals surface area (Å²) < 4.78 is 34.6. The highest BCUT2D eigenvalue weighted by atomic mass is 19.3. The van der Waals surface area contributed by atoms with Gasteiger partial charge in [0.15, 0.2) is 0 Å². The molecule has 4 rings (SSSR count). The SMILES string of the molecule is COc1cccc(CN2CCCC3(CN(Cc4ccn[nH]4)CC(F)(F)C3)C2=O)c1. The summed E-state index contributed by atoms with van der Waals surface area (Å²) in [6.45, 7) is 1.33. The van der Waals surface area contributed by atoms with Gasteiger partial charge in [-0.2, -0.15) is 5.10 Å². The fourth-order valence-electron chi connectivity index (χ4n) is 4.75. The first-order valence-electron chi connectivity index (χ1n) is 9.90. The first-order valence-corrected chi connectivity index (χ1v) is 9.90. The number of aromatic amines is 1. The highest BCUT2D eigenvalue weighted by molar-refractivity contribution is 5.84. The molecule has 2 aromatic rings. The van der Waals surface area contributed by atoms with E-state index in [1.807, 2.05) is 24.3 Å². The minimum atomic E-state index is -2.90. The van der Waals surface area contributed by atoms with Crippen LogP contribution in [0.25, 0.3) is 0 Å². The quantitative estimate of drug-likeness (QED) is 0.832. The molecule has 0 aliphatic carbocycles. The fourth-order valence-corrected chi connectivity index (χ4v) is 4.75. The number of nitrogens with zero attached hydrogens (tertiary/aromatic N) is 3. The lowest BCUT2D eigenvalue weighted by atomic mass is 9.71. The molecular formula is C21H26F2N4O2. The largest absolute Gasteiger partial charge is 0.497 e. The summed E-state index contributed by atoms with van der Waals surface area (Å²) in [6, 6.07) is 9.31. The molecule has 1 spiro atoms. The number of alkyl halides is 2. The number of hydrogen-bond acceptors (Lipinski definition) is 4.